The second-order valence-electron chi connectivity index (χ2n) is 7.02. The summed E-state index contributed by atoms with van der Waals surface area (Å²) in [6, 6.07) is 6.85. The van der Waals surface area contributed by atoms with Gasteiger partial charge in [0.25, 0.3) is 5.56 Å². The van der Waals surface area contributed by atoms with Crippen molar-refractivity contribution in [3.63, 3.8) is 0 Å². The van der Waals surface area contributed by atoms with E-state index in [1.54, 1.807) is 29.0 Å². The highest BCUT2D eigenvalue weighted by molar-refractivity contribution is 5.91. The number of fused-ring (bicyclic) bond motifs is 1. The minimum absolute atomic E-state index is 0.0335. The van der Waals surface area contributed by atoms with Gasteiger partial charge in [0, 0.05) is 30.2 Å². The normalized spacial score (nSPS) is 16.9. The lowest BCUT2D eigenvalue weighted by Gasteiger charge is -2.19. The van der Waals surface area contributed by atoms with Gasteiger partial charge in [-0.05, 0) is 48.4 Å². The Morgan fingerprint density at radius 3 is 3.04 bits per heavy atom. The number of nitrogens with one attached hydrogen (secondary N) is 1. The zero-order valence-corrected chi connectivity index (χ0v) is 15.1. The van der Waals surface area contributed by atoms with E-state index in [0.717, 1.165) is 24.8 Å². The van der Waals surface area contributed by atoms with E-state index in [2.05, 4.69) is 28.4 Å². The molecule has 7 nitrogen and oxygen atoms in total. The summed E-state index contributed by atoms with van der Waals surface area (Å²) in [6.07, 6.45) is 10.4. The molecule has 0 aliphatic heterocycles. The number of carbonyl (C=O) groups is 1. The average Bonchev–Trinajstić information content (AvgIpc) is 3.12. The van der Waals surface area contributed by atoms with E-state index in [0.29, 0.717) is 17.3 Å². The maximum absolute atomic E-state index is 12.4. The maximum Gasteiger partial charge on any atom is 0.251 e. The summed E-state index contributed by atoms with van der Waals surface area (Å²) in [4.78, 5) is 28.7. The molecule has 3 aromatic heterocycles. The summed E-state index contributed by atoms with van der Waals surface area (Å²) in [5.74, 6) is 0.442. The van der Waals surface area contributed by atoms with Crippen molar-refractivity contribution < 1.29 is 4.79 Å². The predicted molar refractivity (Wildman–Crippen MR) is 103 cm³/mol. The van der Waals surface area contributed by atoms with Gasteiger partial charge in [0.05, 0.1) is 0 Å². The fraction of sp³-hybridized carbons (Fsp3) is 0.300. The first-order chi connectivity index (χ1) is 13.1. The van der Waals surface area contributed by atoms with Crippen LogP contribution in [0, 0.1) is 5.92 Å². The lowest BCUT2D eigenvalue weighted by atomic mass is 9.88. The van der Waals surface area contributed by atoms with E-state index >= 15 is 0 Å². The van der Waals surface area contributed by atoms with Crippen LogP contribution in [-0.2, 0) is 11.3 Å². The molecule has 1 aliphatic carbocycles. The van der Waals surface area contributed by atoms with Gasteiger partial charge in [-0.3, -0.25) is 9.59 Å². The third kappa shape index (κ3) is 3.81. The molecule has 0 radical (unpaired) electrons. The van der Waals surface area contributed by atoms with Crippen molar-refractivity contribution in [1.82, 2.24) is 19.2 Å². The van der Waals surface area contributed by atoms with Gasteiger partial charge >= 0.3 is 0 Å². The molecule has 0 aromatic carbocycles. The lowest BCUT2D eigenvalue weighted by Crippen LogP contribution is -2.27. The van der Waals surface area contributed by atoms with E-state index in [9.17, 15) is 9.59 Å². The number of hydrogen-bond acceptors (Lipinski definition) is 4. The minimum atomic E-state index is -0.260. The van der Waals surface area contributed by atoms with Crippen molar-refractivity contribution in [2.24, 2.45) is 5.92 Å². The summed E-state index contributed by atoms with van der Waals surface area (Å²) >= 11 is 0. The Balaban J connectivity index is 1.50. The SMILES string of the molecule is CC1CC=C(c2ccc(=O)n(CC(=O)Nc3ccn4ncnc4c3)c2)CC1. The molecule has 0 spiro atoms. The second kappa shape index (κ2) is 7.19. The average molecular weight is 363 g/mol. The van der Waals surface area contributed by atoms with Gasteiger partial charge in [0.2, 0.25) is 5.91 Å². The quantitative estimate of drug-likeness (QED) is 0.773. The van der Waals surface area contributed by atoms with E-state index in [1.165, 1.54) is 22.5 Å². The Hall–Kier alpha value is -3.22. The van der Waals surface area contributed by atoms with E-state index in [-0.39, 0.29) is 18.0 Å². The summed E-state index contributed by atoms with van der Waals surface area (Å²) in [5.41, 5.74) is 3.34. The van der Waals surface area contributed by atoms with Crippen LogP contribution >= 0.6 is 0 Å². The molecule has 138 valence electrons. The van der Waals surface area contributed by atoms with Crippen molar-refractivity contribution >= 4 is 22.8 Å². The van der Waals surface area contributed by atoms with Crippen LogP contribution in [-0.4, -0.2) is 25.1 Å². The van der Waals surface area contributed by atoms with Gasteiger partial charge in [-0.2, -0.15) is 5.10 Å². The summed E-state index contributed by atoms with van der Waals surface area (Å²) in [5, 5.41) is 6.83. The molecule has 1 atom stereocenters. The van der Waals surface area contributed by atoms with Crippen molar-refractivity contribution in [3.8, 4) is 0 Å². The van der Waals surface area contributed by atoms with Crippen LogP contribution in [0.2, 0.25) is 0 Å². The topological polar surface area (TPSA) is 81.3 Å². The smallest absolute Gasteiger partial charge is 0.251 e. The molecule has 3 heterocycles. The molecule has 1 N–H and O–H groups in total. The molecule has 0 saturated heterocycles. The van der Waals surface area contributed by atoms with Gasteiger partial charge in [-0.15, -0.1) is 0 Å². The fourth-order valence-corrected chi connectivity index (χ4v) is 3.32. The van der Waals surface area contributed by atoms with Crippen LogP contribution in [0.5, 0.6) is 0 Å². The first-order valence-corrected chi connectivity index (χ1v) is 9.07. The van der Waals surface area contributed by atoms with Gasteiger partial charge in [0.15, 0.2) is 5.65 Å². The Bertz CT molecular complexity index is 1080. The zero-order chi connectivity index (χ0) is 18.8. The molecule has 4 rings (SSSR count). The predicted octanol–water partition coefficient (Wildman–Crippen LogP) is 2.73. The van der Waals surface area contributed by atoms with Crippen molar-refractivity contribution in [2.45, 2.75) is 32.7 Å². The fourth-order valence-electron chi connectivity index (χ4n) is 3.32. The molecule has 1 unspecified atom stereocenters. The van der Waals surface area contributed by atoms with Crippen LogP contribution < -0.4 is 10.9 Å². The van der Waals surface area contributed by atoms with E-state index in [1.807, 2.05) is 6.07 Å². The Morgan fingerprint density at radius 2 is 2.22 bits per heavy atom. The van der Waals surface area contributed by atoms with Crippen molar-refractivity contribution in [2.75, 3.05) is 5.32 Å². The Kier molecular flexibility index (Phi) is 4.58. The van der Waals surface area contributed by atoms with E-state index in [4.69, 9.17) is 0 Å². The Labute approximate surface area is 156 Å². The van der Waals surface area contributed by atoms with E-state index < -0.39 is 0 Å². The minimum Gasteiger partial charge on any atom is -0.324 e. The first-order valence-electron chi connectivity index (χ1n) is 9.07. The highest BCUT2D eigenvalue weighted by atomic mass is 16.2. The number of allylic oxidation sites excluding steroid dienone is 2. The number of aromatic nitrogens is 4. The molecule has 1 amide bonds. The largest absolute Gasteiger partial charge is 0.324 e. The Morgan fingerprint density at radius 1 is 1.33 bits per heavy atom. The molecular weight excluding hydrogens is 342 g/mol. The molecule has 0 saturated carbocycles. The molecule has 0 bridgehead atoms. The molecular formula is C20H21N5O2. The summed E-state index contributed by atoms with van der Waals surface area (Å²) in [7, 11) is 0. The van der Waals surface area contributed by atoms with Crippen LogP contribution in [0.4, 0.5) is 5.69 Å². The van der Waals surface area contributed by atoms with Crippen LogP contribution in [0.1, 0.15) is 31.7 Å². The van der Waals surface area contributed by atoms with Crippen molar-refractivity contribution in [3.05, 3.63) is 65.0 Å². The number of amides is 1. The number of nitrogens with zero attached hydrogens (tertiary/aromatic N) is 4. The van der Waals surface area contributed by atoms with Gasteiger partial charge in [-0.1, -0.05) is 13.0 Å². The number of rotatable bonds is 4. The van der Waals surface area contributed by atoms with Gasteiger partial charge < -0.3 is 9.88 Å². The number of pyridine rings is 2. The van der Waals surface area contributed by atoms with Crippen LogP contribution in [0.15, 0.2) is 53.9 Å². The molecule has 0 fully saturated rings. The van der Waals surface area contributed by atoms with Gasteiger partial charge in [0.1, 0.15) is 12.9 Å². The summed E-state index contributed by atoms with van der Waals surface area (Å²) in [6.45, 7) is 2.21. The standard InChI is InChI=1S/C20H21N5O2/c1-14-2-4-15(5-3-14)16-6-7-20(27)24(11-16)12-19(26)23-17-8-9-25-18(10-17)21-13-22-25/h4,6-11,13-14H,2-3,5,12H2,1H3,(H,23,26). The van der Waals surface area contributed by atoms with Crippen LogP contribution in [0.3, 0.4) is 0 Å². The highest BCUT2D eigenvalue weighted by Crippen LogP contribution is 2.29. The third-order valence-corrected chi connectivity index (χ3v) is 4.91. The third-order valence-electron chi connectivity index (χ3n) is 4.91. The first kappa shape index (κ1) is 17.2. The van der Waals surface area contributed by atoms with Gasteiger partial charge in [-0.25, -0.2) is 9.50 Å². The number of carbonyl (C=O) groups excluding carboxylic acids is 1. The maximum atomic E-state index is 12.4. The zero-order valence-electron chi connectivity index (χ0n) is 15.1. The number of anilines is 1. The molecule has 3 aromatic rings. The summed E-state index contributed by atoms with van der Waals surface area (Å²) < 4.78 is 3.07. The monoisotopic (exact) mass is 363 g/mol. The lowest BCUT2D eigenvalue weighted by molar-refractivity contribution is -0.116. The van der Waals surface area contributed by atoms with Crippen molar-refractivity contribution in [1.29, 1.82) is 0 Å². The molecule has 1 aliphatic rings. The number of hydrogen-bond donors (Lipinski definition) is 1. The second-order valence-corrected chi connectivity index (χ2v) is 7.02. The molecule has 7 heteroatoms. The van der Waals surface area contributed by atoms with Crippen LogP contribution in [0.25, 0.3) is 11.2 Å². The highest BCUT2D eigenvalue weighted by Gasteiger charge is 2.13. The molecule has 27 heavy (non-hydrogen) atoms.